The zero-order valence-electron chi connectivity index (χ0n) is 15.0. The first kappa shape index (κ1) is 22.7. The molecule has 1 rings (SSSR count). The lowest BCUT2D eigenvalue weighted by Gasteiger charge is -2.14. The minimum absolute atomic E-state index is 0.0729. The van der Waals surface area contributed by atoms with Crippen LogP contribution in [-0.2, 0) is 28.7 Å². The Kier molecular flexibility index (Phi) is 12.8. The van der Waals surface area contributed by atoms with Gasteiger partial charge in [-0.25, -0.2) is 0 Å². The highest BCUT2D eigenvalue weighted by atomic mass is 16.5. The summed E-state index contributed by atoms with van der Waals surface area (Å²) in [5.74, 6) is -0.930. The summed E-state index contributed by atoms with van der Waals surface area (Å²) >= 11 is 0. The quantitative estimate of drug-likeness (QED) is 0.405. The second-order valence-corrected chi connectivity index (χ2v) is 5.06. The standard InChI is InChI=1S/C10H14N2O4.C6H13NO2/c1-16-6-2-3-8(13)11-7-12-9(14)4-5-10(12)15;1-7-6(8)4-3-5-9-2/h4-5H,2-3,6-7H2,1H3,(H,11,13);3-5H2,1-2H3,(H,7,8). The Hall–Kier alpha value is -2.26. The molecule has 0 spiro atoms. The Morgan fingerprint density at radius 1 is 0.960 bits per heavy atom. The molecule has 0 radical (unpaired) electrons. The van der Waals surface area contributed by atoms with Gasteiger partial charge in [-0.1, -0.05) is 0 Å². The van der Waals surface area contributed by atoms with Gasteiger partial charge in [0.25, 0.3) is 11.8 Å². The Morgan fingerprint density at radius 2 is 1.44 bits per heavy atom. The minimum Gasteiger partial charge on any atom is -0.385 e. The first-order valence-electron chi connectivity index (χ1n) is 7.95. The number of rotatable bonds is 10. The summed E-state index contributed by atoms with van der Waals surface area (Å²) in [6.07, 6.45) is 4.65. The van der Waals surface area contributed by atoms with Gasteiger partial charge in [0.05, 0.1) is 0 Å². The molecule has 0 saturated carbocycles. The lowest BCUT2D eigenvalue weighted by atomic mass is 10.3. The Bertz CT molecular complexity index is 460. The molecule has 0 atom stereocenters. The summed E-state index contributed by atoms with van der Waals surface area (Å²) < 4.78 is 9.55. The number of hydrogen-bond donors (Lipinski definition) is 2. The van der Waals surface area contributed by atoms with Gasteiger partial charge >= 0.3 is 0 Å². The van der Waals surface area contributed by atoms with E-state index >= 15 is 0 Å². The normalized spacial score (nSPS) is 12.7. The molecule has 0 aliphatic carbocycles. The third-order valence-electron chi connectivity index (χ3n) is 3.12. The topological polar surface area (TPSA) is 114 Å². The Labute approximate surface area is 147 Å². The molecule has 142 valence electrons. The van der Waals surface area contributed by atoms with E-state index < -0.39 is 11.8 Å². The predicted octanol–water partition coefficient (Wildman–Crippen LogP) is -0.429. The number of nitrogens with zero attached hydrogens (tertiary/aromatic N) is 1. The van der Waals surface area contributed by atoms with Gasteiger partial charge in [0, 0.05) is 59.5 Å². The van der Waals surface area contributed by atoms with Crippen molar-refractivity contribution in [1.82, 2.24) is 15.5 Å². The van der Waals surface area contributed by atoms with Crippen LogP contribution in [-0.4, -0.2) is 69.7 Å². The molecular formula is C16H27N3O6. The van der Waals surface area contributed by atoms with Crippen molar-refractivity contribution in [3.05, 3.63) is 12.2 Å². The molecule has 2 N–H and O–H groups in total. The molecule has 0 aromatic heterocycles. The number of carbonyl (C=O) groups excluding carboxylic acids is 4. The first-order chi connectivity index (χ1) is 12.0. The van der Waals surface area contributed by atoms with Gasteiger partial charge in [0.15, 0.2) is 0 Å². The van der Waals surface area contributed by atoms with Crippen LogP contribution in [0.2, 0.25) is 0 Å². The predicted molar refractivity (Wildman–Crippen MR) is 90.3 cm³/mol. The second kappa shape index (κ2) is 14.1. The van der Waals surface area contributed by atoms with Crippen LogP contribution in [0.1, 0.15) is 25.7 Å². The molecular weight excluding hydrogens is 330 g/mol. The van der Waals surface area contributed by atoms with Gasteiger partial charge in [-0.3, -0.25) is 24.1 Å². The fourth-order valence-corrected chi connectivity index (χ4v) is 1.72. The molecule has 25 heavy (non-hydrogen) atoms. The summed E-state index contributed by atoms with van der Waals surface area (Å²) in [7, 11) is 4.82. The molecule has 4 amide bonds. The van der Waals surface area contributed by atoms with E-state index in [-0.39, 0.29) is 18.5 Å². The summed E-state index contributed by atoms with van der Waals surface area (Å²) in [6.45, 7) is 1.10. The monoisotopic (exact) mass is 357 g/mol. The average Bonchev–Trinajstić information content (AvgIpc) is 2.92. The van der Waals surface area contributed by atoms with Crippen molar-refractivity contribution < 1.29 is 28.7 Å². The zero-order valence-corrected chi connectivity index (χ0v) is 15.0. The fourth-order valence-electron chi connectivity index (χ4n) is 1.72. The van der Waals surface area contributed by atoms with Gasteiger partial charge in [-0.05, 0) is 12.8 Å². The molecule has 9 heteroatoms. The number of carbonyl (C=O) groups is 4. The van der Waals surface area contributed by atoms with Crippen molar-refractivity contribution >= 4 is 23.6 Å². The number of amides is 4. The van der Waals surface area contributed by atoms with Crippen molar-refractivity contribution in [3.8, 4) is 0 Å². The summed E-state index contributed by atoms with van der Waals surface area (Å²) in [5.41, 5.74) is 0. The molecule has 1 aliphatic heterocycles. The Balaban J connectivity index is 0.000000547. The van der Waals surface area contributed by atoms with Crippen LogP contribution in [0.5, 0.6) is 0 Å². The van der Waals surface area contributed by atoms with E-state index in [1.807, 2.05) is 0 Å². The third-order valence-corrected chi connectivity index (χ3v) is 3.12. The van der Waals surface area contributed by atoms with Gasteiger partial charge in [0.1, 0.15) is 6.67 Å². The first-order valence-corrected chi connectivity index (χ1v) is 7.95. The van der Waals surface area contributed by atoms with Crippen molar-refractivity contribution in [2.75, 3.05) is 41.1 Å². The van der Waals surface area contributed by atoms with Gasteiger partial charge < -0.3 is 20.1 Å². The molecule has 1 heterocycles. The van der Waals surface area contributed by atoms with Crippen molar-refractivity contribution in [1.29, 1.82) is 0 Å². The molecule has 9 nitrogen and oxygen atoms in total. The zero-order chi connectivity index (χ0) is 19.1. The smallest absolute Gasteiger partial charge is 0.255 e. The van der Waals surface area contributed by atoms with E-state index in [4.69, 9.17) is 9.47 Å². The average molecular weight is 357 g/mol. The van der Waals surface area contributed by atoms with Crippen LogP contribution in [0, 0.1) is 0 Å². The van der Waals surface area contributed by atoms with Crippen LogP contribution in [0.3, 0.4) is 0 Å². The maximum absolute atomic E-state index is 11.3. The van der Waals surface area contributed by atoms with Crippen molar-refractivity contribution in [2.24, 2.45) is 0 Å². The maximum atomic E-state index is 11.3. The number of ether oxygens (including phenoxy) is 2. The fraction of sp³-hybridized carbons (Fsp3) is 0.625. The number of nitrogens with one attached hydrogen (secondary N) is 2. The molecule has 0 aromatic carbocycles. The van der Waals surface area contributed by atoms with E-state index in [1.54, 1.807) is 21.3 Å². The highest BCUT2D eigenvalue weighted by Gasteiger charge is 2.23. The highest BCUT2D eigenvalue weighted by Crippen LogP contribution is 2.01. The molecule has 0 saturated heterocycles. The molecule has 0 fully saturated rings. The van der Waals surface area contributed by atoms with E-state index in [2.05, 4.69) is 10.6 Å². The summed E-state index contributed by atoms with van der Waals surface area (Å²) in [6, 6.07) is 0. The largest absolute Gasteiger partial charge is 0.385 e. The van der Waals surface area contributed by atoms with Gasteiger partial charge in [-0.15, -0.1) is 0 Å². The molecule has 1 aliphatic rings. The minimum atomic E-state index is -0.401. The maximum Gasteiger partial charge on any atom is 0.255 e. The van der Waals surface area contributed by atoms with Crippen LogP contribution in [0.15, 0.2) is 12.2 Å². The second-order valence-electron chi connectivity index (χ2n) is 5.06. The number of imide groups is 1. The van der Waals surface area contributed by atoms with Crippen LogP contribution < -0.4 is 10.6 Å². The van der Waals surface area contributed by atoms with Gasteiger partial charge in [-0.2, -0.15) is 0 Å². The summed E-state index contributed by atoms with van der Waals surface area (Å²) in [4.78, 5) is 44.9. The number of methoxy groups -OCH3 is 2. The van der Waals surface area contributed by atoms with Crippen LogP contribution in [0.4, 0.5) is 0 Å². The Morgan fingerprint density at radius 3 is 1.88 bits per heavy atom. The van der Waals surface area contributed by atoms with E-state index in [0.717, 1.165) is 11.3 Å². The highest BCUT2D eigenvalue weighted by molar-refractivity contribution is 6.12. The number of hydrogen-bond acceptors (Lipinski definition) is 6. The molecule has 0 bridgehead atoms. The lowest BCUT2D eigenvalue weighted by molar-refractivity contribution is -0.137. The lowest BCUT2D eigenvalue weighted by Crippen LogP contribution is -2.41. The van der Waals surface area contributed by atoms with Crippen molar-refractivity contribution in [2.45, 2.75) is 25.7 Å². The van der Waals surface area contributed by atoms with Crippen LogP contribution in [0.25, 0.3) is 0 Å². The SMILES string of the molecule is CNC(=O)CCCOC.COCCCC(=O)NCN1C(=O)C=CC1=O. The van der Waals surface area contributed by atoms with Crippen LogP contribution >= 0.6 is 0 Å². The van der Waals surface area contributed by atoms with E-state index in [0.29, 0.717) is 32.5 Å². The van der Waals surface area contributed by atoms with Crippen molar-refractivity contribution in [3.63, 3.8) is 0 Å². The van der Waals surface area contributed by atoms with Gasteiger partial charge in [0.2, 0.25) is 11.8 Å². The molecule has 0 aromatic rings. The third kappa shape index (κ3) is 11.0. The van der Waals surface area contributed by atoms with E-state index in [9.17, 15) is 19.2 Å². The molecule has 0 unspecified atom stereocenters. The van der Waals surface area contributed by atoms with E-state index in [1.165, 1.54) is 12.2 Å². The summed E-state index contributed by atoms with van der Waals surface area (Å²) in [5, 5.41) is 5.02.